The van der Waals surface area contributed by atoms with Gasteiger partial charge in [0.15, 0.2) is 0 Å². The average Bonchev–Trinajstić information content (AvgIpc) is 1.96. The van der Waals surface area contributed by atoms with Crippen LogP contribution in [0.1, 0.15) is 13.3 Å². The molecule has 0 saturated carbocycles. The third-order valence-corrected chi connectivity index (χ3v) is 3.45. The summed E-state index contributed by atoms with van der Waals surface area (Å²) in [6.45, 7) is 3.14. The van der Waals surface area contributed by atoms with Gasteiger partial charge in [-0.15, -0.1) is 0 Å². The fraction of sp³-hybridized carbons (Fsp3) is 0.429. The standard InChI is InChI=1S/C7H12As2N2S/c1-2-3-11-6(9)4-5(8)10-7(11)12/h4H,2-3,8-9H2,1H3. The monoisotopic (exact) mass is 306 g/mol. The molecule has 0 amide bonds. The number of hydrogen-bond donors (Lipinski definition) is 0. The van der Waals surface area contributed by atoms with E-state index in [0.29, 0.717) is 0 Å². The third kappa shape index (κ3) is 2.45. The first kappa shape index (κ1) is 10.5. The van der Waals surface area contributed by atoms with E-state index < -0.39 is 0 Å². The normalized spacial score (nSPS) is 10.2. The van der Waals surface area contributed by atoms with E-state index in [1.165, 1.54) is 21.3 Å². The van der Waals surface area contributed by atoms with Gasteiger partial charge in [0, 0.05) is 0 Å². The fourth-order valence-corrected chi connectivity index (χ4v) is 4.03. The summed E-state index contributed by atoms with van der Waals surface area (Å²) < 4.78 is 5.21. The van der Waals surface area contributed by atoms with Crippen molar-refractivity contribution in [1.82, 2.24) is 9.55 Å². The molecule has 0 aromatic carbocycles. The summed E-state index contributed by atoms with van der Waals surface area (Å²) in [4.78, 5) is 4.27. The minimum atomic E-state index is 0.734. The van der Waals surface area contributed by atoms with E-state index in [-0.39, 0.29) is 0 Å². The molecular formula is C7H12As2N2S. The van der Waals surface area contributed by atoms with Crippen molar-refractivity contribution >= 4 is 54.9 Å². The van der Waals surface area contributed by atoms with Gasteiger partial charge >= 0.3 is 95.2 Å². The van der Waals surface area contributed by atoms with Crippen LogP contribution in [0.5, 0.6) is 0 Å². The number of rotatable bonds is 2. The Labute approximate surface area is 94.8 Å². The molecule has 0 aliphatic heterocycles. The molecule has 1 heterocycles. The van der Waals surface area contributed by atoms with Gasteiger partial charge in [0.2, 0.25) is 0 Å². The van der Waals surface area contributed by atoms with Gasteiger partial charge in [0.1, 0.15) is 0 Å². The van der Waals surface area contributed by atoms with Crippen molar-refractivity contribution in [2.24, 2.45) is 0 Å². The van der Waals surface area contributed by atoms with E-state index in [2.05, 4.69) is 22.5 Å². The Kier molecular flexibility index (Phi) is 4.02. The summed E-state index contributed by atoms with van der Waals surface area (Å²) in [7, 11) is 0. The molecule has 1 aromatic rings. The van der Waals surface area contributed by atoms with Gasteiger partial charge in [0.25, 0.3) is 0 Å². The van der Waals surface area contributed by atoms with Crippen LogP contribution in [0.15, 0.2) is 6.07 Å². The van der Waals surface area contributed by atoms with Crippen molar-refractivity contribution in [2.75, 3.05) is 0 Å². The van der Waals surface area contributed by atoms with Crippen molar-refractivity contribution in [3.05, 3.63) is 10.8 Å². The van der Waals surface area contributed by atoms with Crippen molar-refractivity contribution < 1.29 is 0 Å². The molecule has 66 valence electrons. The first-order valence-corrected chi connectivity index (χ1v) is 6.61. The van der Waals surface area contributed by atoms with Crippen LogP contribution in [0.25, 0.3) is 0 Å². The van der Waals surface area contributed by atoms with Gasteiger partial charge in [-0.1, -0.05) is 0 Å². The second kappa shape index (κ2) is 4.60. The second-order valence-electron chi connectivity index (χ2n) is 2.54. The second-order valence-corrected chi connectivity index (χ2v) is 5.39. The van der Waals surface area contributed by atoms with Gasteiger partial charge < -0.3 is 0 Å². The Morgan fingerprint density at radius 1 is 1.58 bits per heavy atom. The summed E-state index contributed by atoms with van der Waals surface area (Å²) in [5.41, 5.74) is 0. The Bertz CT molecular complexity index is 335. The molecule has 0 aliphatic carbocycles. The van der Waals surface area contributed by atoms with Crippen LogP contribution in [0.4, 0.5) is 0 Å². The molecule has 2 atom stereocenters. The van der Waals surface area contributed by atoms with Crippen LogP contribution < -0.4 is 8.96 Å². The van der Waals surface area contributed by atoms with E-state index in [9.17, 15) is 0 Å². The quantitative estimate of drug-likeness (QED) is 0.491. The molecule has 2 nitrogen and oxygen atoms in total. The number of nitrogens with zero attached hydrogens (tertiary/aromatic N) is 2. The van der Waals surface area contributed by atoms with Crippen molar-refractivity contribution in [1.29, 1.82) is 0 Å². The summed E-state index contributed by atoms with van der Waals surface area (Å²) in [5.74, 6) is 0. The first-order chi connectivity index (χ1) is 5.65. The van der Waals surface area contributed by atoms with E-state index in [4.69, 9.17) is 12.2 Å². The van der Waals surface area contributed by atoms with Gasteiger partial charge in [-0.3, -0.25) is 0 Å². The van der Waals surface area contributed by atoms with Crippen LogP contribution in [0.3, 0.4) is 0 Å². The molecule has 0 N–H and O–H groups in total. The van der Waals surface area contributed by atoms with Crippen molar-refractivity contribution in [3.8, 4) is 0 Å². The Hall–Kier alpha value is 0.417. The van der Waals surface area contributed by atoms with Crippen LogP contribution in [0, 0.1) is 4.77 Å². The predicted molar refractivity (Wildman–Crippen MR) is 59.7 cm³/mol. The molecular weight excluding hydrogens is 294 g/mol. The molecule has 1 rings (SSSR count). The van der Waals surface area contributed by atoms with Crippen LogP contribution in [-0.4, -0.2) is 43.3 Å². The molecule has 0 fully saturated rings. The summed E-state index contributed by atoms with van der Waals surface area (Å²) in [5, 5.41) is 0. The fourth-order valence-electron chi connectivity index (χ4n) is 0.991. The molecule has 0 aliphatic rings. The average molecular weight is 306 g/mol. The molecule has 1 aromatic heterocycles. The number of aromatic nitrogens is 2. The third-order valence-electron chi connectivity index (χ3n) is 1.51. The van der Waals surface area contributed by atoms with Gasteiger partial charge in [-0.2, -0.15) is 0 Å². The zero-order valence-corrected chi connectivity index (χ0v) is 12.6. The maximum absolute atomic E-state index is 5.16. The van der Waals surface area contributed by atoms with Crippen molar-refractivity contribution in [2.45, 2.75) is 19.9 Å². The first-order valence-electron chi connectivity index (χ1n) is 3.78. The topological polar surface area (TPSA) is 17.8 Å². The number of hydrogen-bond acceptors (Lipinski definition) is 2. The Morgan fingerprint density at radius 3 is 2.75 bits per heavy atom. The molecule has 2 unspecified atom stereocenters. The Morgan fingerprint density at radius 2 is 2.25 bits per heavy atom. The summed E-state index contributed by atoms with van der Waals surface area (Å²) >= 11 is 8.32. The van der Waals surface area contributed by atoms with Gasteiger partial charge in [-0.05, 0) is 0 Å². The molecule has 5 heteroatoms. The maximum atomic E-state index is 5.16. The van der Waals surface area contributed by atoms with E-state index in [1.807, 2.05) is 0 Å². The summed E-state index contributed by atoms with van der Waals surface area (Å²) in [6.07, 6.45) is 1.11. The minimum absolute atomic E-state index is 0.734. The zero-order chi connectivity index (χ0) is 9.14. The van der Waals surface area contributed by atoms with Crippen LogP contribution in [-0.2, 0) is 6.54 Å². The molecule has 12 heavy (non-hydrogen) atoms. The van der Waals surface area contributed by atoms with Gasteiger partial charge in [0.05, 0.1) is 0 Å². The summed E-state index contributed by atoms with van der Waals surface area (Å²) in [6, 6.07) is 2.12. The van der Waals surface area contributed by atoms with Gasteiger partial charge in [-0.25, -0.2) is 0 Å². The van der Waals surface area contributed by atoms with E-state index in [1.54, 1.807) is 16.9 Å². The van der Waals surface area contributed by atoms with E-state index in [0.717, 1.165) is 22.2 Å². The van der Waals surface area contributed by atoms with Crippen LogP contribution in [0.2, 0.25) is 0 Å². The predicted octanol–water partition coefficient (Wildman–Crippen LogP) is -1.46. The van der Waals surface area contributed by atoms with Crippen molar-refractivity contribution in [3.63, 3.8) is 0 Å². The van der Waals surface area contributed by atoms with Crippen LogP contribution >= 0.6 is 12.2 Å². The molecule has 0 spiro atoms. The Balaban J connectivity index is 3.19. The van der Waals surface area contributed by atoms with E-state index >= 15 is 0 Å². The SMILES string of the molecule is CCCn1c([AsH2])cc([AsH2])nc1=S. The molecule has 0 bridgehead atoms. The molecule has 0 saturated heterocycles. The zero-order valence-electron chi connectivity index (χ0n) is 6.95. The molecule has 0 radical (unpaired) electrons.